The topological polar surface area (TPSA) is 58.7 Å². The maximum absolute atomic E-state index is 13.4. The first kappa shape index (κ1) is 19.3. The molecule has 0 spiro atoms. The molecule has 6 heteroatoms. The van der Waals surface area contributed by atoms with E-state index in [-0.39, 0.29) is 11.8 Å². The van der Waals surface area contributed by atoms with Crippen LogP contribution in [0.4, 0.5) is 0 Å². The van der Waals surface area contributed by atoms with Crippen molar-refractivity contribution < 1.29 is 14.0 Å². The molecule has 6 nitrogen and oxygen atoms in total. The van der Waals surface area contributed by atoms with Gasteiger partial charge in [0, 0.05) is 43.6 Å². The van der Waals surface area contributed by atoms with Crippen LogP contribution in [0.1, 0.15) is 46.0 Å². The third kappa shape index (κ3) is 3.33. The number of furan rings is 1. The summed E-state index contributed by atoms with van der Waals surface area (Å²) in [5, 5.41) is 1.15. The molecule has 152 valence electrons. The van der Waals surface area contributed by atoms with Crippen LogP contribution in [0.2, 0.25) is 0 Å². The van der Waals surface area contributed by atoms with E-state index < -0.39 is 0 Å². The van der Waals surface area contributed by atoms with Gasteiger partial charge in [0.2, 0.25) is 0 Å². The summed E-state index contributed by atoms with van der Waals surface area (Å²) in [6, 6.07) is 9.85. The molecule has 0 N–H and O–H groups in total. The van der Waals surface area contributed by atoms with Crippen molar-refractivity contribution >= 4 is 22.7 Å². The second-order valence-corrected chi connectivity index (χ2v) is 7.48. The maximum atomic E-state index is 13.4. The number of rotatable bonds is 4. The first-order valence-corrected chi connectivity index (χ1v) is 10.3. The Hall–Kier alpha value is -3.02. The number of carbonyl (C=O) groups excluding carboxylic acids is 2. The van der Waals surface area contributed by atoms with Gasteiger partial charge in [-0.1, -0.05) is 13.0 Å². The molecule has 2 aromatic heterocycles. The van der Waals surface area contributed by atoms with E-state index in [9.17, 15) is 9.59 Å². The van der Waals surface area contributed by atoms with Crippen LogP contribution < -0.4 is 0 Å². The predicted octanol–water partition coefficient (Wildman–Crippen LogP) is 3.72. The fourth-order valence-corrected chi connectivity index (χ4v) is 4.21. The highest BCUT2D eigenvalue weighted by Gasteiger charge is 2.29. The second-order valence-electron chi connectivity index (χ2n) is 7.48. The molecule has 0 saturated carbocycles. The zero-order valence-corrected chi connectivity index (χ0v) is 17.3. The Morgan fingerprint density at radius 1 is 1.00 bits per heavy atom. The summed E-state index contributed by atoms with van der Waals surface area (Å²) in [7, 11) is 0. The number of hydrogen-bond acceptors (Lipinski definition) is 3. The summed E-state index contributed by atoms with van der Waals surface area (Å²) in [4.78, 5) is 29.5. The number of amides is 2. The van der Waals surface area contributed by atoms with Crippen LogP contribution in [-0.4, -0.2) is 52.4 Å². The van der Waals surface area contributed by atoms with E-state index in [1.165, 1.54) is 11.8 Å². The highest BCUT2D eigenvalue weighted by molar-refractivity contribution is 6.02. The molecule has 0 aliphatic carbocycles. The number of fused-ring (bicyclic) bond motifs is 1. The molecule has 1 aliphatic rings. The summed E-state index contributed by atoms with van der Waals surface area (Å²) >= 11 is 0. The van der Waals surface area contributed by atoms with Gasteiger partial charge < -0.3 is 18.8 Å². The van der Waals surface area contributed by atoms with Crippen molar-refractivity contribution in [2.75, 3.05) is 26.2 Å². The lowest BCUT2D eigenvalue weighted by atomic mass is 10.1. The second kappa shape index (κ2) is 7.78. The molecule has 3 heterocycles. The summed E-state index contributed by atoms with van der Waals surface area (Å²) < 4.78 is 7.33. The molecule has 0 unspecified atom stereocenters. The van der Waals surface area contributed by atoms with Crippen LogP contribution >= 0.6 is 0 Å². The summed E-state index contributed by atoms with van der Waals surface area (Å²) in [6.07, 6.45) is 2.48. The number of hydrogen-bond donors (Lipinski definition) is 0. The van der Waals surface area contributed by atoms with Gasteiger partial charge in [-0.2, -0.15) is 0 Å². The molecular formula is C23H27N3O3. The molecule has 0 radical (unpaired) electrons. The van der Waals surface area contributed by atoms with E-state index in [0.717, 1.165) is 35.1 Å². The molecule has 1 fully saturated rings. The van der Waals surface area contributed by atoms with Crippen LogP contribution in [0, 0.1) is 6.92 Å². The van der Waals surface area contributed by atoms with Gasteiger partial charge in [0.05, 0.1) is 6.26 Å². The number of carbonyl (C=O) groups is 2. The molecule has 1 aliphatic heterocycles. The van der Waals surface area contributed by atoms with E-state index in [1.54, 1.807) is 17.0 Å². The van der Waals surface area contributed by atoms with E-state index >= 15 is 0 Å². The van der Waals surface area contributed by atoms with Gasteiger partial charge >= 0.3 is 0 Å². The fraction of sp³-hybridized carbons (Fsp3) is 0.391. The smallest absolute Gasteiger partial charge is 0.289 e. The summed E-state index contributed by atoms with van der Waals surface area (Å²) in [6.45, 7) is 9.07. The van der Waals surface area contributed by atoms with E-state index in [4.69, 9.17) is 4.42 Å². The number of aryl methyl sites for hydroxylation is 3. The van der Waals surface area contributed by atoms with Crippen LogP contribution in [0.3, 0.4) is 0 Å². The van der Waals surface area contributed by atoms with Gasteiger partial charge in [-0.3, -0.25) is 9.59 Å². The van der Waals surface area contributed by atoms with Crippen molar-refractivity contribution in [3.63, 3.8) is 0 Å². The Kier molecular flexibility index (Phi) is 5.18. The molecule has 29 heavy (non-hydrogen) atoms. The summed E-state index contributed by atoms with van der Waals surface area (Å²) in [5.74, 6) is 0.273. The molecule has 3 aromatic rings. The Morgan fingerprint density at radius 2 is 1.69 bits per heavy atom. The van der Waals surface area contributed by atoms with Crippen molar-refractivity contribution in [3.05, 3.63) is 59.2 Å². The van der Waals surface area contributed by atoms with Crippen LogP contribution in [-0.2, 0) is 13.0 Å². The summed E-state index contributed by atoms with van der Waals surface area (Å²) in [5.41, 5.74) is 4.19. The van der Waals surface area contributed by atoms with Crippen LogP contribution in [0.5, 0.6) is 0 Å². The lowest BCUT2D eigenvalue weighted by molar-refractivity contribution is 0.0512. The largest absolute Gasteiger partial charge is 0.459 e. The third-order valence-corrected chi connectivity index (χ3v) is 5.89. The minimum absolute atomic E-state index is 0.0451. The van der Waals surface area contributed by atoms with Gasteiger partial charge in [0.1, 0.15) is 5.69 Å². The van der Waals surface area contributed by atoms with Crippen molar-refractivity contribution in [1.82, 2.24) is 14.4 Å². The van der Waals surface area contributed by atoms with Crippen molar-refractivity contribution in [1.29, 1.82) is 0 Å². The molecule has 4 rings (SSSR count). The maximum Gasteiger partial charge on any atom is 0.289 e. The van der Waals surface area contributed by atoms with Gasteiger partial charge in [-0.05, 0) is 55.7 Å². The minimum Gasteiger partial charge on any atom is -0.459 e. The Balaban J connectivity index is 1.57. The van der Waals surface area contributed by atoms with Crippen LogP contribution in [0.25, 0.3) is 10.9 Å². The van der Waals surface area contributed by atoms with E-state index in [1.807, 2.05) is 11.8 Å². The van der Waals surface area contributed by atoms with Crippen LogP contribution in [0.15, 0.2) is 41.0 Å². The fourth-order valence-electron chi connectivity index (χ4n) is 4.21. The molecule has 2 amide bonds. The number of piperazine rings is 1. The average Bonchev–Trinajstić information content (AvgIpc) is 3.39. The average molecular weight is 393 g/mol. The Morgan fingerprint density at radius 3 is 2.28 bits per heavy atom. The Bertz CT molecular complexity index is 1040. The lowest BCUT2D eigenvalue weighted by Gasteiger charge is -2.34. The highest BCUT2D eigenvalue weighted by atomic mass is 16.3. The number of benzene rings is 1. The van der Waals surface area contributed by atoms with Crippen molar-refractivity contribution in [3.8, 4) is 0 Å². The van der Waals surface area contributed by atoms with Gasteiger partial charge in [0.25, 0.3) is 11.8 Å². The van der Waals surface area contributed by atoms with E-state index in [2.05, 4.69) is 36.6 Å². The number of nitrogens with zero attached hydrogens (tertiary/aromatic N) is 3. The lowest BCUT2D eigenvalue weighted by Crippen LogP contribution is -2.51. The predicted molar refractivity (Wildman–Crippen MR) is 112 cm³/mol. The third-order valence-electron chi connectivity index (χ3n) is 5.89. The minimum atomic E-state index is -0.118. The molecule has 0 bridgehead atoms. The monoisotopic (exact) mass is 393 g/mol. The van der Waals surface area contributed by atoms with Crippen molar-refractivity contribution in [2.45, 2.75) is 33.7 Å². The Labute approximate surface area is 170 Å². The molecular weight excluding hydrogens is 366 g/mol. The molecule has 0 atom stereocenters. The van der Waals surface area contributed by atoms with Gasteiger partial charge in [-0.25, -0.2) is 0 Å². The SMILES string of the molecule is CCc1ccc2c(c1)c(C)c(C(=O)N1CCN(C(=O)c3ccco3)CC1)n2CC. The number of aromatic nitrogens is 1. The molecule has 1 saturated heterocycles. The highest BCUT2D eigenvalue weighted by Crippen LogP contribution is 2.28. The first-order valence-electron chi connectivity index (χ1n) is 10.3. The molecule has 1 aromatic carbocycles. The zero-order chi connectivity index (χ0) is 20.5. The normalized spacial score (nSPS) is 14.6. The van der Waals surface area contributed by atoms with Gasteiger partial charge in [0.15, 0.2) is 5.76 Å². The van der Waals surface area contributed by atoms with Crippen molar-refractivity contribution in [2.24, 2.45) is 0 Å². The van der Waals surface area contributed by atoms with Gasteiger partial charge in [-0.15, -0.1) is 0 Å². The van der Waals surface area contributed by atoms with E-state index in [0.29, 0.717) is 31.9 Å². The standard InChI is InChI=1S/C23H27N3O3/c1-4-17-8-9-19-18(15-17)16(3)21(26(19)5-2)23(28)25-12-10-24(11-13-25)22(27)20-7-6-14-29-20/h6-9,14-15H,4-5,10-13H2,1-3H3. The quantitative estimate of drug-likeness (QED) is 0.679. The first-order chi connectivity index (χ1) is 14.0. The zero-order valence-electron chi connectivity index (χ0n) is 17.3.